The molecule has 0 radical (unpaired) electrons. The molecular weight excluding hydrogens is 496 g/mol. The highest BCUT2D eigenvalue weighted by Gasteiger charge is 2.32. The average molecular weight is 505 g/mol. The van der Waals surface area contributed by atoms with Gasteiger partial charge >= 0.3 is 0 Å². The number of hydrogen-bond donors (Lipinski definition) is 1. The van der Waals surface area contributed by atoms with Crippen LogP contribution >= 0.6 is 47.8 Å². The van der Waals surface area contributed by atoms with Gasteiger partial charge in [0, 0.05) is 4.47 Å². The number of halogens is 3. The predicted octanol–water partition coefficient (Wildman–Crippen LogP) is 5.30. The van der Waals surface area contributed by atoms with Crippen LogP contribution in [0.5, 0.6) is 17.2 Å². The van der Waals surface area contributed by atoms with E-state index in [4.69, 9.17) is 9.47 Å². The molecule has 0 amide bonds. The fourth-order valence-electron chi connectivity index (χ4n) is 2.20. The maximum atomic E-state index is 12.5. The number of ether oxygens (including phenoxy) is 2. The van der Waals surface area contributed by atoms with Crippen molar-refractivity contribution in [2.45, 2.75) is 0 Å². The largest absolute Gasteiger partial charge is 0.508 e. The molecule has 0 saturated carbocycles. The molecule has 118 valence electrons. The van der Waals surface area contributed by atoms with Crippen LogP contribution < -0.4 is 9.47 Å². The molecule has 0 saturated heterocycles. The summed E-state index contributed by atoms with van der Waals surface area (Å²) in [6.07, 6.45) is 1.62. The number of allylic oxidation sites excluding steroid dienone is 1. The molecule has 23 heavy (non-hydrogen) atoms. The van der Waals surface area contributed by atoms with E-state index in [1.807, 2.05) is 0 Å². The van der Waals surface area contributed by atoms with Gasteiger partial charge in [-0.3, -0.25) is 4.79 Å². The zero-order valence-corrected chi connectivity index (χ0v) is 16.5. The van der Waals surface area contributed by atoms with Crippen molar-refractivity contribution < 1.29 is 19.4 Å². The van der Waals surface area contributed by atoms with Crippen molar-refractivity contribution in [3.8, 4) is 17.2 Å². The summed E-state index contributed by atoms with van der Waals surface area (Å²) in [4.78, 5) is 12.5. The van der Waals surface area contributed by atoms with Gasteiger partial charge in [0.15, 0.2) is 17.3 Å². The third-order valence-electron chi connectivity index (χ3n) is 3.29. The Morgan fingerprint density at radius 1 is 1.17 bits per heavy atom. The van der Waals surface area contributed by atoms with E-state index in [0.29, 0.717) is 30.5 Å². The summed E-state index contributed by atoms with van der Waals surface area (Å²) in [5.74, 6) is 1.11. The summed E-state index contributed by atoms with van der Waals surface area (Å²) in [6, 6.07) is 6.46. The quantitative estimate of drug-likeness (QED) is 0.564. The molecule has 0 spiro atoms. The fourth-order valence-corrected chi connectivity index (χ4v) is 4.20. The summed E-state index contributed by atoms with van der Waals surface area (Å²) in [6.45, 7) is 0. The number of ketones is 1. The SMILES string of the molecule is COc1c(Br)cc2c(c1Br)O/C(=C\c1ccc(O)cc1Br)C2=O. The van der Waals surface area contributed by atoms with Crippen LogP contribution in [0.2, 0.25) is 0 Å². The molecule has 2 aromatic rings. The Kier molecular flexibility index (Phi) is 4.53. The summed E-state index contributed by atoms with van der Waals surface area (Å²) in [5.41, 5.74) is 1.17. The van der Waals surface area contributed by atoms with Gasteiger partial charge in [-0.2, -0.15) is 0 Å². The molecule has 0 unspecified atom stereocenters. The molecule has 1 aliphatic heterocycles. The van der Waals surface area contributed by atoms with Crippen molar-refractivity contribution in [3.05, 3.63) is 54.6 Å². The number of hydrogen-bond acceptors (Lipinski definition) is 4. The number of rotatable bonds is 2. The molecule has 3 rings (SSSR count). The Morgan fingerprint density at radius 2 is 1.91 bits per heavy atom. The standard InChI is InChI=1S/C16H9Br3O4/c1-22-16-11(18)6-9-14(21)12(23-15(9)13(16)19)4-7-2-3-8(20)5-10(7)17/h2-6,20H,1H3/b12-4-. The lowest BCUT2D eigenvalue weighted by atomic mass is 10.1. The lowest BCUT2D eigenvalue weighted by Gasteiger charge is -2.08. The van der Waals surface area contributed by atoms with Gasteiger partial charge in [-0.15, -0.1) is 0 Å². The van der Waals surface area contributed by atoms with E-state index < -0.39 is 0 Å². The third-order valence-corrected chi connectivity index (χ3v) is 5.28. The molecular formula is C16H9Br3O4. The van der Waals surface area contributed by atoms with Gasteiger partial charge in [-0.05, 0) is 61.7 Å². The van der Waals surface area contributed by atoms with Crippen LogP contribution in [0, 0.1) is 0 Å². The second-order valence-electron chi connectivity index (χ2n) is 4.73. The first-order chi connectivity index (χ1) is 10.9. The van der Waals surface area contributed by atoms with Gasteiger partial charge in [0.25, 0.3) is 0 Å². The molecule has 0 atom stereocenters. The number of Topliss-reactive ketones (excluding diaryl/α,β-unsaturated/α-hetero) is 1. The molecule has 2 aromatic carbocycles. The maximum Gasteiger partial charge on any atom is 0.232 e. The number of phenols is 1. The van der Waals surface area contributed by atoms with E-state index in [-0.39, 0.29) is 17.3 Å². The first-order valence-electron chi connectivity index (χ1n) is 6.41. The normalized spacial score (nSPS) is 14.8. The number of methoxy groups -OCH3 is 1. The predicted molar refractivity (Wildman–Crippen MR) is 97.1 cm³/mol. The second kappa shape index (κ2) is 6.30. The zero-order chi connectivity index (χ0) is 16.7. The van der Waals surface area contributed by atoms with Crippen molar-refractivity contribution in [2.24, 2.45) is 0 Å². The molecule has 1 aliphatic rings. The fraction of sp³-hybridized carbons (Fsp3) is 0.0625. The minimum absolute atomic E-state index is 0.136. The summed E-state index contributed by atoms with van der Waals surface area (Å²) < 4.78 is 12.9. The minimum atomic E-state index is -0.218. The Morgan fingerprint density at radius 3 is 2.57 bits per heavy atom. The summed E-state index contributed by atoms with van der Waals surface area (Å²) in [7, 11) is 1.54. The first kappa shape index (κ1) is 16.5. The third kappa shape index (κ3) is 2.93. The monoisotopic (exact) mass is 502 g/mol. The van der Waals surface area contributed by atoms with E-state index in [1.54, 1.807) is 37.5 Å². The smallest absolute Gasteiger partial charge is 0.232 e. The molecule has 7 heteroatoms. The molecule has 0 aliphatic carbocycles. The van der Waals surface area contributed by atoms with Gasteiger partial charge in [0.05, 0.1) is 17.1 Å². The number of aromatic hydroxyl groups is 1. The highest BCUT2D eigenvalue weighted by molar-refractivity contribution is 9.11. The number of benzene rings is 2. The van der Waals surface area contributed by atoms with Crippen LogP contribution in [0.1, 0.15) is 15.9 Å². The number of carbonyl (C=O) groups is 1. The van der Waals surface area contributed by atoms with Crippen molar-refractivity contribution >= 4 is 59.6 Å². The Bertz CT molecular complexity index is 859. The van der Waals surface area contributed by atoms with Crippen LogP contribution in [0.15, 0.2) is 43.4 Å². The lowest BCUT2D eigenvalue weighted by Crippen LogP contribution is -1.98. The first-order valence-corrected chi connectivity index (χ1v) is 8.79. The maximum absolute atomic E-state index is 12.5. The highest BCUT2D eigenvalue weighted by Crippen LogP contribution is 2.47. The Balaban J connectivity index is 2.07. The van der Waals surface area contributed by atoms with E-state index in [2.05, 4.69) is 47.8 Å². The molecule has 4 nitrogen and oxygen atoms in total. The van der Waals surface area contributed by atoms with E-state index in [0.717, 1.165) is 5.56 Å². The second-order valence-corrected chi connectivity index (χ2v) is 7.23. The Hall–Kier alpha value is -1.31. The van der Waals surface area contributed by atoms with E-state index in [9.17, 15) is 9.90 Å². The van der Waals surface area contributed by atoms with Crippen molar-refractivity contribution in [2.75, 3.05) is 7.11 Å². The van der Waals surface area contributed by atoms with Crippen LogP contribution in [-0.2, 0) is 0 Å². The van der Waals surface area contributed by atoms with Crippen LogP contribution in [0.4, 0.5) is 0 Å². The van der Waals surface area contributed by atoms with Crippen LogP contribution in [0.25, 0.3) is 6.08 Å². The van der Waals surface area contributed by atoms with Gasteiger partial charge < -0.3 is 14.6 Å². The van der Waals surface area contributed by atoms with Gasteiger partial charge in [-0.1, -0.05) is 22.0 Å². The summed E-state index contributed by atoms with van der Waals surface area (Å²) >= 11 is 10.1. The molecule has 1 heterocycles. The molecule has 1 N–H and O–H groups in total. The average Bonchev–Trinajstić information content (AvgIpc) is 2.80. The van der Waals surface area contributed by atoms with Gasteiger partial charge in [-0.25, -0.2) is 0 Å². The molecule has 0 fully saturated rings. The van der Waals surface area contributed by atoms with Gasteiger partial charge in [0.2, 0.25) is 5.78 Å². The lowest BCUT2D eigenvalue weighted by molar-refractivity contribution is 0.101. The van der Waals surface area contributed by atoms with Crippen LogP contribution in [-0.4, -0.2) is 18.0 Å². The van der Waals surface area contributed by atoms with E-state index in [1.165, 1.54) is 0 Å². The number of phenolic OH excluding ortho intramolecular Hbond substituents is 1. The minimum Gasteiger partial charge on any atom is -0.508 e. The molecule has 0 aromatic heterocycles. The highest BCUT2D eigenvalue weighted by atomic mass is 79.9. The van der Waals surface area contributed by atoms with Crippen LogP contribution in [0.3, 0.4) is 0 Å². The summed E-state index contributed by atoms with van der Waals surface area (Å²) in [5, 5.41) is 9.44. The van der Waals surface area contributed by atoms with E-state index >= 15 is 0 Å². The Labute approximate surface area is 157 Å². The molecule has 0 bridgehead atoms. The number of carbonyl (C=O) groups excluding carboxylic acids is 1. The van der Waals surface area contributed by atoms with Gasteiger partial charge in [0.1, 0.15) is 10.2 Å². The zero-order valence-electron chi connectivity index (χ0n) is 11.7. The van der Waals surface area contributed by atoms with Crippen molar-refractivity contribution in [3.63, 3.8) is 0 Å². The van der Waals surface area contributed by atoms with Crippen molar-refractivity contribution in [1.82, 2.24) is 0 Å². The topological polar surface area (TPSA) is 55.8 Å². The van der Waals surface area contributed by atoms with Crippen molar-refractivity contribution in [1.29, 1.82) is 0 Å². The number of fused-ring (bicyclic) bond motifs is 1.